The van der Waals surface area contributed by atoms with E-state index >= 15 is 0 Å². The maximum atomic E-state index is 10.7. The number of fused-ring (bicyclic) bond motifs is 1. The van der Waals surface area contributed by atoms with Gasteiger partial charge >= 0.3 is 0 Å². The summed E-state index contributed by atoms with van der Waals surface area (Å²) in [4.78, 5) is 3.80. The van der Waals surface area contributed by atoms with E-state index in [0.29, 0.717) is 25.8 Å². The Morgan fingerprint density at radius 3 is 2.91 bits per heavy atom. The molecule has 0 saturated carbocycles. The number of rotatable bonds is 4. The van der Waals surface area contributed by atoms with E-state index in [-0.39, 0.29) is 0 Å². The second-order valence-electron chi connectivity index (χ2n) is 6.09. The first kappa shape index (κ1) is 15.0. The summed E-state index contributed by atoms with van der Waals surface area (Å²) in [5.74, 6) is 1.51. The molecule has 122 valence electrons. The molecule has 2 aliphatic heterocycles. The summed E-state index contributed by atoms with van der Waals surface area (Å²) in [6, 6.07) is 10.5. The van der Waals surface area contributed by atoms with Gasteiger partial charge in [0, 0.05) is 17.5 Å². The van der Waals surface area contributed by atoms with Gasteiger partial charge in [-0.05, 0) is 48.5 Å². The summed E-state index contributed by atoms with van der Waals surface area (Å²) < 4.78 is 11.2. The van der Waals surface area contributed by atoms with E-state index in [1.54, 1.807) is 11.3 Å². The van der Waals surface area contributed by atoms with Crippen molar-refractivity contribution in [2.75, 3.05) is 26.3 Å². The molecule has 0 radical (unpaired) electrons. The highest BCUT2D eigenvalue weighted by molar-refractivity contribution is 7.10. The van der Waals surface area contributed by atoms with Gasteiger partial charge < -0.3 is 14.6 Å². The molecule has 1 aromatic carbocycles. The maximum absolute atomic E-state index is 10.7. The number of hydrogen-bond donors (Lipinski definition) is 1. The van der Waals surface area contributed by atoms with Gasteiger partial charge in [0.05, 0.1) is 6.10 Å². The molecule has 4 nitrogen and oxygen atoms in total. The maximum Gasteiger partial charge on any atom is 0.161 e. The normalized spacial score (nSPS) is 22.2. The molecule has 2 aromatic rings. The minimum Gasteiger partial charge on any atom is -0.486 e. The van der Waals surface area contributed by atoms with Crippen LogP contribution in [0, 0.1) is 0 Å². The molecule has 0 aliphatic carbocycles. The quantitative estimate of drug-likeness (QED) is 0.932. The fourth-order valence-electron chi connectivity index (χ4n) is 3.44. The number of β-amino-alcohol motifs (C(OH)–C–C–N with tert-alkyl or cyclic N) is 1. The van der Waals surface area contributed by atoms with Crippen LogP contribution in [-0.2, 0) is 0 Å². The number of thiophene rings is 1. The largest absolute Gasteiger partial charge is 0.486 e. The Kier molecular flexibility index (Phi) is 4.25. The predicted molar refractivity (Wildman–Crippen MR) is 90.3 cm³/mol. The first-order valence-electron chi connectivity index (χ1n) is 8.16. The lowest BCUT2D eigenvalue weighted by Crippen LogP contribution is -2.28. The lowest BCUT2D eigenvalue weighted by atomic mass is 10.1. The van der Waals surface area contributed by atoms with Crippen molar-refractivity contribution in [1.29, 1.82) is 0 Å². The average Bonchev–Trinajstić information content (AvgIpc) is 3.25. The number of aliphatic hydroxyl groups is 1. The van der Waals surface area contributed by atoms with E-state index in [0.717, 1.165) is 23.6 Å². The van der Waals surface area contributed by atoms with E-state index in [1.807, 2.05) is 18.2 Å². The zero-order valence-electron chi connectivity index (χ0n) is 13.0. The summed E-state index contributed by atoms with van der Waals surface area (Å²) in [5, 5.41) is 12.8. The third kappa shape index (κ3) is 3.09. The van der Waals surface area contributed by atoms with Crippen LogP contribution in [0.2, 0.25) is 0 Å². The summed E-state index contributed by atoms with van der Waals surface area (Å²) in [5.41, 5.74) is 0.895. The molecule has 0 unspecified atom stereocenters. The Labute approximate surface area is 140 Å². The summed E-state index contributed by atoms with van der Waals surface area (Å²) in [7, 11) is 0. The van der Waals surface area contributed by atoms with Crippen molar-refractivity contribution >= 4 is 11.3 Å². The molecule has 2 aliphatic rings. The van der Waals surface area contributed by atoms with E-state index in [9.17, 15) is 5.11 Å². The van der Waals surface area contributed by atoms with Crippen LogP contribution in [0.5, 0.6) is 11.5 Å². The Balaban J connectivity index is 1.48. The number of benzene rings is 1. The zero-order chi connectivity index (χ0) is 15.6. The van der Waals surface area contributed by atoms with Crippen LogP contribution in [0.25, 0.3) is 0 Å². The third-order valence-electron chi connectivity index (χ3n) is 4.59. The van der Waals surface area contributed by atoms with Crippen LogP contribution in [-0.4, -0.2) is 36.3 Å². The van der Waals surface area contributed by atoms with Crippen molar-refractivity contribution in [2.45, 2.75) is 25.0 Å². The Bertz CT molecular complexity index is 658. The topological polar surface area (TPSA) is 41.9 Å². The highest BCUT2D eigenvalue weighted by Gasteiger charge is 2.28. The molecule has 4 rings (SSSR count). The lowest BCUT2D eigenvalue weighted by molar-refractivity contribution is 0.106. The van der Waals surface area contributed by atoms with Crippen molar-refractivity contribution in [2.24, 2.45) is 0 Å². The van der Waals surface area contributed by atoms with Crippen molar-refractivity contribution in [3.05, 3.63) is 46.2 Å². The van der Waals surface area contributed by atoms with Gasteiger partial charge in [-0.15, -0.1) is 11.3 Å². The van der Waals surface area contributed by atoms with E-state index in [4.69, 9.17) is 9.47 Å². The van der Waals surface area contributed by atoms with Crippen molar-refractivity contribution < 1.29 is 14.6 Å². The minimum atomic E-state index is -0.508. The smallest absolute Gasteiger partial charge is 0.161 e. The number of aliphatic hydroxyl groups excluding tert-OH is 1. The molecular weight excluding hydrogens is 310 g/mol. The van der Waals surface area contributed by atoms with Gasteiger partial charge in [0.15, 0.2) is 11.5 Å². The van der Waals surface area contributed by atoms with Crippen molar-refractivity contribution in [3.8, 4) is 11.5 Å². The van der Waals surface area contributed by atoms with Gasteiger partial charge in [0.25, 0.3) is 0 Å². The molecule has 3 heterocycles. The molecule has 5 heteroatoms. The molecule has 0 amide bonds. The van der Waals surface area contributed by atoms with E-state index in [1.165, 1.54) is 17.7 Å². The van der Waals surface area contributed by atoms with Gasteiger partial charge in [0.2, 0.25) is 0 Å². The van der Waals surface area contributed by atoms with Gasteiger partial charge in [-0.3, -0.25) is 4.90 Å². The zero-order valence-corrected chi connectivity index (χ0v) is 13.8. The molecule has 23 heavy (non-hydrogen) atoms. The highest BCUT2D eigenvalue weighted by atomic mass is 32.1. The molecule has 1 N–H and O–H groups in total. The highest BCUT2D eigenvalue weighted by Crippen LogP contribution is 2.37. The van der Waals surface area contributed by atoms with Crippen LogP contribution in [0.3, 0.4) is 0 Å². The predicted octanol–water partition coefficient (Wildman–Crippen LogP) is 3.39. The lowest BCUT2D eigenvalue weighted by Gasteiger charge is -2.27. The molecule has 1 aromatic heterocycles. The average molecular weight is 331 g/mol. The van der Waals surface area contributed by atoms with Gasteiger partial charge in [-0.25, -0.2) is 0 Å². The number of nitrogens with zero attached hydrogens (tertiary/aromatic N) is 1. The third-order valence-corrected chi connectivity index (χ3v) is 5.57. The summed E-state index contributed by atoms with van der Waals surface area (Å²) in [6.45, 7) is 2.86. The number of hydrogen-bond acceptors (Lipinski definition) is 5. The van der Waals surface area contributed by atoms with E-state index in [2.05, 4.69) is 22.4 Å². The Hall–Kier alpha value is -1.56. The van der Waals surface area contributed by atoms with Crippen LogP contribution in [0.4, 0.5) is 0 Å². The molecule has 1 saturated heterocycles. The molecule has 0 bridgehead atoms. The second-order valence-corrected chi connectivity index (χ2v) is 7.07. The molecular formula is C18H21NO3S. The minimum absolute atomic E-state index is 0.446. The first-order valence-corrected chi connectivity index (χ1v) is 9.04. The fourth-order valence-corrected chi connectivity index (χ4v) is 4.34. The van der Waals surface area contributed by atoms with Crippen LogP contribution in [0.15, 0.2) is 35.7 Å². The SMILES string of the molecule is O[C@H](CN1CCC[C@H]1c1cccs1)c1ccc2c(c1)OCCO2. The van der Waals surface area contributed by atoms with Gasteiger partial charge in [-0.2, -0.15) is 0 Å². The second kappa shape index (κ2) is 6.51. The van der Waals surface area contributed by atoms with Crippen LogP contribution in [0.1, 0.15) is 35.4 Å². The molecule has 0 spiro atoms. The van der Waals surface area contributed by atoms with Crippen LogP contribution >= 0.6 is 11.3 Å². The van der Waals surface area contributed by atoms with Crippen molar-refractivity contribution in [1.82, 2.24) is 4.90 Å². The fraction of sp³-hybridized carbons (Fsp3) is 0.444. The Morgan fingerprint density at radius 1 is 1.22 bits per heavy atom. The standard InChI is InChI=1S/C18H21NO3S/c20-15(13-5-6-16-17(11-13)22-9-8-21-16)12-19-7-1-3-14(19)18-4-2-10-23-18/h2,4-6,10-11,14-15,20H,1,3,7-9,12H2/t14-,15+/m0/s1. The first-order chi connectivity index (χ1) is 11.3. The Morgan fingerprint density at radius 2 is 2.09 bits per heavy atom. The van der Waals surface area contributed by atoms with Crippen LogP contribution < -0.4 is 9.47 Å². The van der Waals surface area contributed by atoms with Crippen molar-refractivity contribution in [3.63, 3.8) is 0 Å². The molecule has 1 fully saturated rings. The number of likely N-dealkylation sites (tertiary alicyclic amines) is 1. The molecule has 2 atom stereocenters. The summed E-state index contributed by atoms with van der Waals surface area (Å²) in [6.07, 6.45) is 1.86. The van der Waals surface area contributed by atoms with Gasteiger partial charge in [-0.1, -0.05) is 12.1 Å². The number of ether oxygens (including phenoxy) is 2. The van der Waals surface area contributed by atoms with E-state index < -0.39 is 6.10 Å². The summed E-state index contributed by atoms with van der Waals surface area (Å²) >= 11 is 1.81. The van der Waals surface area contributed by atoms with Gasteiger partial charge in [0.1, 0.15) is 13.2 Å². The monoisotopic (exact) mass is 331 g/mol.